The predicted molar refractivity (Wildman–Crippen MR) is 52.5 cm³/mol. The molecular formula is C9H7ClFNO4. The molecule has 1 aromatic rings. The number of rotatable bonds is 4. The second-order valence-electron chi connectivity index (χ2n) is 2.74. The molecule has 1 rings (SSSR count). The highest BCUT2D eigenvalue weighted by Gasteiger charge is 2.12. The fourth-order valence-electron chi connectivity index (χ4n) is 0.892. The fraction of sp³-hybridized carbons (Fsp3) is 0.111. The van der Waals surface area contributed by atoms with E-state index in [1.807, 2.05) is 0 Å². The van der Waals surface area contributed by atoms with E-state index in [-0.39, 0.29) is 10.6 Å². The molecule has 86 valence electrons. The summed E-state index contributed by atoms with van der Waals surface area (Å²) in [5.41, 5.74) is 1.51. The first-order valence-electron chi connectivity index (χ1n) is 4.09. The van der Waals surface area contributed by atoms with Crippen LogP contribution in [-0.2, 0) is 9.63 Å². The van der Waals surface area contributed by atoms with E-state index in [0.29, 0.717) is 0 Å². The number of hydrogen-bond acceptors (Lipinski definition) is 3. The van der Waals surface area contributed by atoms with E-state index in [9.17, 15) is 14.0 Å². The molecule has 0 aliphatic carbocycles. The predicted octanol–water partition coefficient (Wildman–Crippen LogP) is 1.23. The molecule has 1 aromatic carbocycles. The van der Waals surface area contributed by atoms with Gasteiger partial charge in [0.2, 0.25) is 0 Å². The molecule has 2 N–H and O–H groups in total. The second kappa shape index (κ2) is 5.43. The average molecular weight is 248 g/mol. The van der Waals surface area contributed by atoms with Gasteiger partial charge in [-0.05, 0) is 18.2 Å². The van der Waals surface area contributed by atoms with Crippen molar-refractivity contribution in [2.75, 3.05) is 6.61 Å². The Hall–Kier alpha value is -1.66. The summed E-state index contributed by atoms with van der Waals surface area (Å²) in [6.45, 7) is -0.707. The Labute approximate surface area is 94.7 Å². The number of amides is 1. The minimum absolute atomic E-state index is 0.153. The Morgan fingerprint density at radius 1 is 1.50 bits per heavy atom. The quantitative estimate of drug-likeness (QED) is 0.785. The normalized spacial score (nSPS) is 9.88. The molecule has 0 aliphatic rings. The smallest absolute Gasteiger partial charge is 0.332 e. The molecule has 0 saturated heterocycles. The molecule has 16 heavy (non-hydrogen) atoms. The molecule has 0 unspecified atom stereocenters. The third-order valence-corrected chi connectivity index (χ3v) is 1.77. The Bertz CT molecular complexity index is 424. The summed E-state index contributed by atoms with van der Waals surface area (Å²) in [4.78, 5) is 25.6. The van der Waals surface area contributed by atoms with E-state index in [4.69, 9.17) is 16.7 Å². The lowest BCUT2D eigenvalue weighted by Crippen LogP contribution is -2.27. The van der Waals surface area contributed by atoms with Crippen LogP contribution in [0.15, 0.2) is 18.2 Å². The largest absolute Gasteiger partial charge is 0.479 e. The lowest BCUT2D eigenvalue weighted by atomic mass is 10.2. The van der Waals surface area contributed by atoms with Crippen molar-refractivity contribution in [3.8, 4) is 0 Å². The summed E-state index contributed by atoms with van der Waals surface area (Å²) in [6.07, 6.45) is 0. The van der Waals surface area contributed by atoms with Gasteiger partial charge in [-0.25, -0.2) is 14.7 Å². The summed E-state index contributed by atoms with van der Waals surface area (Å²) < 4.78 is 13.2. The van der Waals surface area contributed by atoms with Crippen molar-refractivity contribution in [3.05, 3.63) is 34.6 Å². The first-order valence-corrected chi connectivity index (χ1v) is 4.47. The zero-order valence-corrected chi connectivity index (χ0v) is 8.62. The molecule has 0 bridgehead atoms. The molecule has 0 saturated carbocycles. The Kier molecular flexibility index (Phi) is 4.21. The standard InChI is InChI=1S/C9H7ClFNO4/c10-5-1-2-6(7(11)3-5)9(15)12-16-4-8(13)14/h1-3H,4H2,(H,12,15)(H,13,14). The van der Waals surface area contributed by atoms with Crippen molar-refractivity contribution in [1.82, 2.24) is 5.48 Å². The molecule has 0 aromatic heterocycles. The van der Waals surface area contributed by atoms with Crippen molar-refractivity contribution in [1.29, 1.82) is 0 Å². The van der Waals surface area contributed by atoms with Crippen LogP contribution < -0.4 is 5.48 Å². The Morgan fingerprint density at radius 3 is 2.75 bits per heavy atom. The van der Waals surface area contributed by atoms with Gasteiger partial charge in [0.15, 0.2) is 6.61 Å². The number of halogens is 2. The van der Waals surface area contributed by atoms with Crippen LogP contribution in [0.25, 0.3) is 0 Å². The third kappa shape index (κ3) is 3.48. The lowest BCUT2D eigenvalue weighted by molar-refractivity contribution is -0.144. The van der Waals surface area contributed by atoms with Crippen molar-refractivity contribution in [2.45, 2.75) is 0 Å². The zero-order chi connectivity index (χ0) is 12.1. The molecule has 0 aliphatic heterocycles. The molecule has 0 fully saturated rings. The SMILES string of the molecule is O=C(O)CONC(=O)c1ccc(Cl)cc1F. The summed E-state index contributed by atoms with van der Waals surface area (Å²) in [6, 6.07) is 3.46. The molecule has 0 atom stereocenters. The zero-order valence-electron chi connectivity index (χ0n) is 7.87. The molecular weight excluding hydrogens is 241 g/mol. The van der Waals surface area contributed by atoms with E-state index in [1.165, 1.54) is 6.07 Å². The van der Waals surface area contributed by atoms with E-state index in [0.717, 1.165) is 12.1 Å². The number of hydroxylamine groups is 1. The highest BCUT2D eigenvalue weighted by atomic mass is 35.5. The molecule has 5 nitrogen and oxygen atoms in total. The molecule has 0 heterocycles. The highest BCUT2D eigenvalue weighted by molar-refractivity contribution is 6.30. The monoisotopic (exact) mass is 247 g/mol. The summed E-state index contributed by atoms with van der Waals surface area (Å²) in [5, 5.41) is 8.37. The van der Waals surface area contributed by atoms with Crippen LogP contribution in [0, 0.1) is 5.82 Å². The van der Waals surface area contributed by atoms with Gasteiger partial charge in [-0.2, -0.15) is 0 Å². The molecule has 0 radical (unpaired) electrons. The van der Waals surface area contributed by atoms with Gasteiger partial charge in [-0.1, -0.05) is 11.6 Å². The van der Waals surface area contributed by atoms with Crippen molar-refractivity contribution >= 4 is 23.5 Å². The third-order valence-electron chi connectivity index (χ3n) is 1.54. The topological polar surface area (TPSA) is 75.6 Å². The number of carbonyl (C=O) groups is 2. The number of carbonyl (C=O) groups excluding carboxylic acids is 1. The van der Waals surface area contributed by atoms with E-state index >= 15 is 0 Å². The number of aliphatic carboxylic acids is 1. The lowest BCUT2D eigenvalue weighted by Gasteiger charge is -2.04. The minimum atomic E-state index is -1.25. The average Bonchev–Trinajstić information content (AvgIpc) is 2.16. The van der Waals surface area contributed by atoms with Crippen LogP contribution in [0.3, 0.4) is 0 Å². The first-order chi connectivity index (χ1) is 7.50. The Balaban J connectivity index is 2.63. The van der Waals surface area contributed by atoms with Gasteiger partial charge in [-0.3, -0.25) is 9.63 Å². The summed E-state index contributed by atoms with van der Waals surface area (Å²) in [5.74, 6) is -2.95. The van der Waals surface area contributed by atoms with Crippen LogP contribution in [0.4, 0.5) is 4.39 Å². The number of hydrogen-bond donors (Lipinski definition) is 2. The van der Waals surface area contributed by atoms with Gasteiger partial charge >= 0.3 is 5.97 Å². The molecule has 7 heteroatoms. The minimum Gasteiger partial charge on any atom is -0.479 e. The Morgan fingerprint density at radius 2 is 2.19 bits per heavy atom. The second-order valence-corrected chi connectivity index (χ2v) is 3.17. The number of carboxylic acid groups (broad SMARTS) is 1. The van der Waals surface area contributed by atoms with Crippen LogP contribution in [0.1, 0.15) is 10.4 Å². The first kappa shape index (κ1) is 12.4. The van der Waals surface area contributed by atoms with Crippen molar-refractivity contribution in [3.63, 3.8) is 0 Å². The maximum Gasteiger partial charge on any atom is 0.332 e. The number of carboxylic acids is 1. The van der Waals surface area contributed by atoms with Crippen LogP contribution >= 0.6 is 11.6 Å². The van der Waals surface area contributed by atoms with Crippen LogP contribution in [0.5, 0.6) is 0 Å². The van der Waals surface area contributed by atoms with Crippen molar-refractivity contribution < 1.29 is 23.9 Å². The number of benzene rings is 1. The van der Waals surface area contributed by atoms with Gasteiger partial charge in [0.05, 0.1) is 5.56 Å². The molecule has 1 amide bonds. The maximum atomic E-state index is 13.2. The van der Waals surface area contributed by atoms with Crippen LogP contribution in [0.2, 0.25) is 5.02 Å². The van der Waals surface area contributed by atoms with Gasteiger partial charge in [-0.15, -0.1) is 0 Å². The van der Waals surface area contributed by atoms with Crippen LogP contribution in [-0.4, -0.2) is 23.6 Å². The van der Waals surface area contributed by atoms with Gasteiger partial charge in [0, 0.05) is 5.02 Å². The summed E-state index contributed by atoms with van der Waals surface area (Å²) >= 11 is 5.49. The van der Waals surface area contributed by atoms with Crippen molar-refractivity contribution in [2.24, 2.45) is 0 Å². The van der Waals surface area contributed by atoms with E-state index in [2.05, 4.69) is 4.84 Å². The van der Waals surface area contributed by atoms with Gasteiger partial charge < -0.3 is 5.11 Å². The number of nitrogens with one attached hydrogen (secondary N) is 1. The fourth-order valence-corrected chi connectivity index (χ4v) is 1.05. The van der Waals surface area contributed by atoms with E-state index < -0.39 is 24.3 Å². The summed E-state index contributed by atoms with van der Waals surface area (Å²) in [7, 11) is 0. The molecule has 0 spiro atoms. The maximum absolute atomic E-state index is 13.2. The highest BCUT2D eigenvalue weighted by Crippen LogP contribution is 2.14. The van der Waals surface area contributed by atoms with Gasteiger partial charge in [0.25, 0.3) is 5.91 Å². The van der Waals surface area contributed by atoms with Gasteiger partial charge in [0.1, 0.15) is 5.82 Å². The van der Waals surface area contributed by atoms with E-state index in [1.54, 1.807) is 5.48 Å².